The van der Waals surface area contributed by atoms with Gasteiger partial charge in [0.05, 0.1) is 6.61 Å². The van der Waals surface area contributed by atoms with E-state index in [4.69, 9.17) is 4.74 Å². The van der Waals surface area contributed by atoms with Gasteiger partial charge in [-0.3, -0.25) is 4.90 Å². The molecule has 2 unspecified atom stereocenters. The van der Waals surface area contributed by atoms with Crippen LogP contribution in [0.4, 0.5) is 0 Å². The summed E-state index contributed by atoms with van der Waals surface area (Å²) in [5, 5.41) is 19.4. The largest absolute Gasteiger partial charge is 0.491 e. The van der Waals surface area contributed by atoms with Gasteiger partial charge in [0, 0.05) is 17.1 Å². The van der Waals surface area contributed by atoms with Gasteiger partial charge < -0.3 is 14.9 Å². The normalized spacial score (nSPS) is 21.6. The van der Waals surface area contributed by atoms with Crippen LogP contribution in [0.1, 0.15) is 19.3 Å². The van der Waals surface area contributed by atoms with E-state index in [0.717, 1.165) is 36.0 Å². The fourth-order valence-corrected chi connectivity index (χ4v) is 2.82. The molecule has 1 saturated heterocycles. The molecule has 1 aromatic carbocycles. The number of piperidine rings is 1. The Hall–Kier alpha value is -0.620. The molecule has 0 bridgehead atoms. The molecular formula is C15H22BrNO3. The van der Waals surface area contributed by atoms with Crippen molar-refractivity contribution in [1.29, 1.82) is 0 Å². The first kappa shape index (κ1) is 15.8. The molecule has 2 N–H and O–H groups in total. The van der Waals surface area contributed by atoms with Crippen molar-refractivity contribution in [3.63, 3.8) is 0 Å². The number of rotatable bonds is 6. The van der Waals surface area contributed by atoms with Crippen molar-refractivity contribution < 1.29 is 14.9 Å². The van der Waals surface area contributed by atoms with E-state index in [1.54, 1.807) is 0 Å². The van der Waals surface area contributed by atoms with E-state index >= 15 is 0 Å². The highest BCUT2D eigenvalue weighted by molar-refractivity contribution is 9.10. The lowest BCUT2D eigenvalue weighted by atomic mass is 10.0. The number of hydrogen-bond acceptors (Lipinski definition) is 4. The monoisotopic (exact) mass is 343 g/mol. The van der Waals surface area contributed by atoms with Gasteiger partial charge in [-0.1, -0.05) is 22.4 Å². The second-order valence-electron chi connectivity index (χ2n) is 5.25. The van der Waals surface area contributed by atoms with E-state index in [2.05, 4.69) is 20.8 Å². The van der Waals surface area contributed by atoms with Crippen molar-refractivity contribution in [2.45, 2.75) is 31.4 Å². The molecule has 1 heterocycles. The molecule has 1 aliphatic heterocycles. The zero-order valence-electron chi connectivity index (χ0n) is 11.5. The summed E-state index contributed by atoms with van der Waals surface area (Å²) in [4.78, 5) is 2.17. The molecule has 2 rings (SSSR count). The first-order valence-corrected chi connectivity index (χ1v) is 7.89. The van der Waals surface area contributed by atoms with Crippen molar-refractivity contribution >= 4 is 15.9 Å². The van der Waals surface area contributed by atoms with Crippen LogP contribution in [0.5, 0.6) is 5.75 Å². The number of ether oxygens (including phenoxy) is 1. The van der Waals surface area contributed by atoms with Crippen LogP contribution in [0.15, 0.2) is 28.7 Å². The smallest absolute Gasteiger partial charge is 0.119 e. The molecule has 0 spiro atoms. The quantitative estimate of drug-likeness (QED) is 0.829. The standard InChI is InChI=1S/C15H22BrNO3/c16-12-4-6-15(7-5-12)20-11-14(19)9-17-8-2-1-3-13(17)10-18/h4-7,13-14,18-19H,1-3,8-11H2. The van der Waals surface area contributed by atoms with Crippen LogP contribution in [0.2, 0.25) is 0 Å². The number of likely N-dealkylation sites (tertiary alicyclic amines) is 1. The van der Waals surface area contributed by atoms with E-state index in [-0.39, 0.29) is 19.3 Å². The Labute approximate surface area is 128 Å². The second-order valence-corrected chi connectivity index (χ2v) is 6.16. The van der Waals surface area contributed by atoms with Gasteiger partial charge in [-0.15, -0.1) is 0 Å². The maximum absolute atomic E-state index is 10.1. The number of nitrogens with zero attached hydrogens (tertiary/aromatic N) is 1. The van der Waals surface area contributed by atoms with E-state index in [0.29, 0.717) is 6.54 Å². The Morgan fingerprint density at radius 3 is 2.75 bits per heavy atom. The van der Waals surface area contributed by atoms with Crippen molar-refractivity contribution in [2.75, 3.05) is 26.3 Å². The number of aliphatic hydroxyl groups is 2. The topological polar surface area (TPSA) is 52.9 Å². The number of aliphatic hydroxyl groups excluding tert-OH is 2. The maximum atomic E-state index is 10.1. The predicted octanol–water partition coefficient (Wildman–Crippen LogP) is 2.04. The molecule has 5 heteroatoms. The zero-order valence-corrected chi connectivity index (χ0v) is 13.1. The fourth-order valence-electron chi connectivity index (χ4n) is 2.55. The molecule has 0 amide bonds. The van der Waals surface area contributed by atoms with Crippen LogP contribution in [-0.2, 0) is 0 Å². The van der Waals surface area contributed by atoms with Gasteiger partial charge in [-0.25, -0.2) is 0 Å². The van der Waals surface area contributed by atoms with E-state index < -0.39 is 6.10 Å². The van der Waals surface area contributed by atoms with E-state index in [1.807, 2.05) is 24.3 Å². The van der Waals surface area contributed by atoms with Gasteiger partial charge in [-0.2, -0.15) is 0 Å². The van der Waals surface area contributed by atoms with Crippen LogP contribution < -0.4 is 4.74 Å². The van der Waals surface area contributed by atoms with Gasteiger partial charge in [-0.05, 0) is 43.7 Å². The van der Waals surface area contributed by atoms with Crippen LogP contribution in [0.3, 0.4) is 0 Å². The predicted molar refractivity (Wildman–Crippen MR) is 81.9 cm³/mol. The lowest BCUT2D eigenvalue weighted by Gasteiger charge is -2.35. The van der Waals surface area contributed by atoms with E-state index in [9.17, 15) is 10.2 Å². The highest BCUT2D eigenvalue weighted by Crippen LogP contribution is 2.18. The molecule has 1 fully saturated rings. The summed E-state index contributed by atoms with van der Waals surface area (Å²) in [6.45, 7) is 1.94. The molecule has 2 atom stereocenters. The minimum Gasteiger partial charge on any atom is -0.491 e. The number of β-amino-alcohol motifs (C(OH)–C–C–N with tert-alkyl or cyclic N) is 1. The summed E-state index contributed by atoms with van der Waals surface area (Å²) < 4.78 is 6.58. The summed E-state index contributed by atoms with van der Waals surface area (Å²) in [5.41, 5.74) is 0. The average molecular weight is 344 g/mol. The van der Waals surface area contributed by atoms with Crippen LogP contribution in [0, 0.1) is 0 Å². The molecule has 112 valence electrons. The third-order valence-corrected chi connectivity index (χ3v) is 4.19. The Morgan fingerprint density at radius 2 is 2.05 bits per heavy atom. The first-order valence-electron chi connectivity index (χ1n) is 7.10. The first-order chi connectivity index (χ1) is 9.69. The van der Waals surface area contributed by atoms with Crippen molar-refractivity contribution in [1.82, 2.24) is 4.90 Å². The van der Waals surface area contributed by atoms with Crippen molar-refractivity contribution in [3.8, 4) is 5.75 Å². The molecule has 0 aliphatic carbocycles. The zero-order chi connectivity index (χ0) is 14.4. The fraction of sp³-hybridized carbons (Fsp3) is 0.600. The Bertz CT molecular complexity index is 399. The molecule has 0 saturated carbocycles. The summed E-state index contributed by atoms with van der Waals surface area (Å²) in [6, 6.07) is 7.75. The van der Waals surface area contributed by atoms with Crippen LogP contribution in [-0.4, -0.2) is 53.6 Å². The highest BCUT2D eigenvalue weighted by atomic mass is 79.9. The Balaban J connectivity index is 1.76. The molecule has 0 radical (unpaired) electrons. The summed E-state index contributed by atoms with van der Waals surface area (Å²) >= 11 is 3.37. The molecule has 0 aromatic heterocycles. The SMILES string of the molecule is OCC1CCCCN1CC(O)COc1ccc(Br)cc1. The number of halogens is 1. The lowest BCUT2D eigenvalue weighted by Crippen LogP contribution is -2.46. The van der Waals surface area contributed by atoms with Gasteiger partial charge >= 0.3 is 0 Å². The van der Waals surface area contributed by atoms with Gasteiger partial charge in [0.2, 0.25) is 0 Å². The van der Waals surface area contributed by atoms with Crippen LogP contribution in [0.25, 0.3) is 0 Å². The summed E-state index contributed by atoms with van der Waals surface area (Å²) in [7, 11) is 0. The molecule has 1 aliphatic rings. The van der Waals surface area contributed by atoms with Crippen molar-refractivity contribution in [3.05, 3.63) is 28.7 Å². The minimum atomic E-state index is -0.536. The van der Waals surface area contributed by atoms with Gasteiger partial charge in [0.15, 0.2) is 0 Å². The van der Waals surface area contributed by atoms with E-state index in [1.165, 1.54) is 0 Å². The maximum Gasteiger partial charge on any atom is 0.119 e. The minimum absolute atomic E-state index is 0.167. The third-order valence-electron chi connectivity index (χ3n) is 3.66. The van der Waals surface area contributed by atoms with Crippen molar-refractivity contribution in [2.24, 2.45) is 0 Å². The highest BCUT2D eigenvalue weighted by Gasteiger charge is 2.23. The van der Waals surface area contributed by atoms with Crippen LogP contribution >= 0.6 is 15.9 Å². The number of hydrogen-bond donors (Lipinski definition) is 2. The summed E-state index contributed by atoms with van der Waals surface area (Å²) in [6.07, 6.45) is 2.77. The Kier molecular flexibility index (Phi) is 6.29. The molecule has 20 heavy (non-hydrogen) atoms. The molecule has 4 nitrogen and oxygen atoms in total. The summed E-state index contributed by atoms with van der Waals surface area (Å²) in [5.74, 6) is 0.754. The Morgan fingerprint density at radius 1 is 1.30 bits per heavy atom. The van der Waals surface area contributed by atoms with Gasteiger partial charge in [0.1, 0.15) is 18.5 Å². The van der Waals surface area contributed by atoms with Gasteiger partial charge in [0.25, 0.3) is 0 Å². The second kappa shape index (κ2) is 7.98. The lowest BCUT2D eigenvalue weighted by molar-refractivity contribution is 0.0232. The third kappa shape index (κ3) is 4.74. The molecule has 1 aromatic rings. The average Bonchev–Trinajstić information content (AvgIpc) is 2.47. The molecular weight excluding hydrogens is 322 g/mol. The number of benzene rings is 1.